The Morgan fingerprint density at radius 2 is 1.25 bits per heavy atom. The van der Waals surface area contributed by atoms with Gasteiger partial charge in [-0.1, -0.05) is 12.1 Å². The maximum Gasteiger partial charge on any atom is 0.129 e. The van der Waals surface area contributed by atoms with E-state index in [1.54, 1.807) is 0 Å². The van der Waals surface area contributed by atoms with Gasteiger partial charge < -0.3 is 5.32 Å². The molecule has 1 aliphatic rings. The molecular weight excluding hydrogens is 342 g/mol. The van der Waals surface area contributed by atoms with E-state index in [-0.39, 0.29) is 29.5 Å². The Labute approximate surface area is 144 Å². The van der Waals surface area contributed by atoms with E-state index in [0.717, 1.165) is 38.1 Å². The second kappa shape index (κ2) is 7.99. The van der Waals surface area contributed by atoms with Crippen molar-refractivity contribution in [1.82, 2.24) is 5.32 Å². The third-order valence-electron chi connectivity index (χ3n) is 4.45. The Bertz CT molecular complexity index is 650. The molecule has 130 valence electrons. The molecule has 1 heterocycles. The third-order valence-corrected chi connectivity index (χ3v) is 4.45. The highest BCUT2D eigenvalue weighted by Crippen LogP contribution is 2.39. The van der Waals surface area contributed by atoms with Crippen molar-refractivity contribution in [3.63, 3.8) is 0 Å². The molecule has 2 aromatic carbocycles. The number of nitrogens with one attached hydrogen (secondary N) is 1. The van der Waals surface area contributed by atoms with Crippen molar-refractivity contribution in [2.24, 2.45) is 5.92 Å². The van der Waals surface area contributed by atoms with Crippen molar-refractivity contribution < 1.29 is 17.6 Å². The summed E-state index contributed by atoms with van der Waals surface area (Å²) in [6, 6.07) is 6.69. The molecule has 0 aromatic heterocycles. The lowest BCUT2D eigenvalue weighted by molar-refractivity contribution is 0.332. The van der Waals surface area contributed by atoms with Crippen molar-refractivity contribution in [2.45, 2.75) is 18.8 Å². The fraction of sp³-hybridized carbons (Fsp3) is 0.333. The van der Waals surface area contributed by atoms with Gasteiger partial charge in [-0.25, -0.2) is 17.6 Å². The molecule has 0 spiro atoms. The van der Waals surface area contributed by atoms with E-state index in [0.29, 0.717) is 0 Å². The summed E-state index contributed by atoms with van der Waals surface area (Å²) in [6.45, 7) is 1.51. The van der Waals surface area contributed by atoms with Gasteiger partial charge in [0.15, 0.2) is 0 Å². The number of benzene rings is 2. The first kappa shape index (κ1) is 18.7. The topological polar surface area (TPSA) is 12.0 Å². The molecule has 1 nitrogen and oxygen atoms in total. The van der Waals surface area contributed by atoms with Crippen LogP contribution >= 0.6 is 12.4 Å². The molecule has 1 fully saturated rings. The summed E-state index contributed by atoms with van der Waals surface area (Å²) in [4.78, 5) is 0. The molecule has 0 amide bonds. The number of hydrogen-bond acceptors (Lipinski definition) is 1. The monoisotopic (exact) mass is 359 g/mol. The average Bonchev–Trinajstić information content (AvgIpc) is 2.52. The van der Waals surface area contributed by atoms with Crippen molar-refractivity contribution >= 4 is 12.4 Å². The molecule has 0 aliphatic carbocycles. The first-order chi connectivity index (χ1) is 11.1. The standard InChI is InChI=1S/C18H17F4N.ClH/c19-12-1-3-14(16(21)9-12)18(11-5-7-23-8-6-11)15-4-2-13(20)10-17(15)22;/h1-4,9-11,18,23H,5-8H2;1H. The van der Waals surface area contributed by atoms with E-state index in [1.807, 2.05) is 0 Å². The maximum absolute atomic E-state index is 14.3. The van der Waals surface area contributed by atoms with Crippen LogP contribution < -0.4 is 5.32 Å². The largest absolute Gasteiger partial charge is 0.317 e. The highest BCUT2D eigenvalue weighted by atomic mass is 35.5. The summed E-state index contributed by atoms with van der Waals surface area (Å²) in [6.07, 6.45) is 1.50. The minimum Gasteiger partial charge on any atom is -0.317 e. The lowest BCUT2D eigenvalue weighted by Gasteiger charge is -2.32. The van der Waals surface area contributed by atoms with Gasteiger partial charge in [0, 0.05) is 18.1 Å². The molecule has 24 heavy (non-hydrogen) atoms. The summed E-state index contributed by atoms with van der Waals surface area (Å²) in [5, 5.41) is 3.21. The van der Waals surface area contributed by atoms with Crippen LogP contribution in [0.2, 0.25) is 0 Å². The summed E-state index contributed by atoms with van der Waals surface area (Å²) in [5.41, 5.74) is 0.507. The summed E-state index contributed by atoms with van der Waals surface area (Å²) >= 11 is 0. The Morgan fingerprint density at radius 3 is 1.67 bits per heavy atom. The highest BCUT2D eigenvalue weighted by Gasteiger charge is 2.30. The lowest BCUT2D eigenvalue weighted by atomic mass is 9.76. The molecule has 0 radical (unpaired) electrons. The van der Waals surface area contributed by atoms with Gasteiger partial charge in [-0.2, -0.15) is 0 Å². The van der Waals surface area contributed by atoms with Gasteiger partial charge >= 0.3 is 0 Å². The van der Waals surface area contributed by atoms with Crippen LogP contribution in [0.5, 0.6) is 0 Å². The second-order valence-electron chi connectivity index (χ2n) is 5.90. The fourth-order valence-electron chi connectivity index (χ4n) is 3.36. The second-order valence-corrected chi connectivity index (χ2v) is 5.90. The third kappa shape index (κ3) is 3.90. The Morgan fingerprint density at radius 1 is 0.792 bits per heavy atom. The van der Waals surface area contributed by atoms with Gasteiger partial charge in [-0.15, -0.1) is 12.4 Å². The van der Waals surface area contributed by atoms with E-state index < -0.39 is 29.2 Å². The van der Waals surface area contributed by atoms with Crippen LogP contribution in [0.3, 0.4) is 0 Å². The predicted molar refractivity (Wildman–Crippen MR) is 87.4 cm³/mol. The Kier molecular flexibility index (Phi) is 6.24. The predicted octanol–water partition coefficient (Wildman–Crippen LogP) is 4.80. The number of hydrogen-bond donors (Lipinski definition) is 1. The van der Waals surface area contributed by atoms with Crippen LogP contribution in [0, 0.1) is 29.2 Å². The molecule has 3 rings (SSSR count). The number of halogens is 5. The molecule has 0 atom stereocenters. The SMILES string of the molecule is Cl.Fc1ccc(C(c2ccc(F)cc2F)C2CCNCC2)c(F)c1. The van der Waals surface area contributed by atoms with Gasteiger partial charge in [0.25, 0.3) is 0 Å². The van der Waals surface area contributed by atoms with E-state index in [9.17, 15) is 17.6 Å². The van der Waals surface area contributed by atoms with Crippen molar-refractivity contribution in [1.29, 1.82) is 0 Å². The van der Waals surface area contributed by atoms with Crippen LogP contribution in [-0.2, 0) is 0 Å². The molecule has 0 unspecified atom stereocenters. The maximum atomic E-state index is 14.3. The summed E-state index contributed by atoms with van der Waals surface area (Å²) in [5.74, 6) is -3.28. The minimum absolute atomic E-state index is 0. The zero-order valence-electron chi connectivity index (χ0n) is 12.9. The molecule has 0 saturated carbocycles. The number of rotatable bonds is 3. The van der Waals surface area contributed by atoms with Gasteiger partial charge in [0.2, 0.25) is 0 Å². The van der Waals surface area contributed by atoms with Crippen molar-refractivity contribution in [2.75, 3.05) is 13.1 Å². The first-order valence-corrected chi connectivity index (χ1v) is 7.67. The van der Waals surface area contributed by atoms with Crippen molar-refractivity contribution in [3.8, 4) is 0 Å². The van der Waals surface area contributed by atoms with E-state index in [4.69, 9.17) is 0 Å². The number of piperidine rings is 1. The smallest absolute Gasteiger partial charge is 0.129 e. The molecule has 1 N–H and O–H groups in total. The molecule has 2 aromatic rings. The zero-order chi connectivity index (χ0) is 16.4. The van der Waals surface area contributed by atoms with Gasteiger partial charge in [-0.05, 0) is 55.1 Å². The minimum atomic E-state index is -0.697. The first-order valence-electron chi connectivity index (χ1n) is 7.67. The molecule has 6 heteroatoms. The summed E-state index contributed by atoms with van der Waals surface area (Å²) in [7, 11) is 0. The van der Waals surface area contributed by atoms with Crippen LogP contribution in [0.15, 0.2) is 36.4 Å². The van der Waals surface area contributed by atoms with Crippen LogP contribution in [0.25, 0.3) is 0 Å². The molecule has 0 bridgehead atoms. The fourth-order valence-corrected chi connectivity index (χ4v) is 3.36. The van der Waals surface area contributed by atoms with E-state index >= 15 is 0 Å². The molecule has 1 aliphatic heterocycles. The van der Waals surface area contributed by atoms with Crippen molar-refractivity contribution in [3.05, 3.63) is 70.8 Å². The van der Waals surface area contributed by atoms with Crippen LogP contribution in [0.1, 0.15) is 29.9 Å². The lowest BCUT2D eigenvalue weighted by Crippen LogP contribution is -2.32. The molecule has 1 saturated heterocycles. The van der Waals surface area contributed by atoms with E-state index in [1.165, 1.54) is 24.3 Å². The van der Waals surface area contributed by atoms with Gasteiger partial charge in [0.05, 0.1) is 0 Å². The highest BCUT2D eigenvalue weighted by molar-refractivity contribution is 5.85. The van der Waals surface area contributed by atoms with Gasteiger partial charge in [0.1, 0.15) is 23.3 Å². The van der Waals surface area contributed by atoms with E-state index in [2.05, 4.69) is 5.32 Å². The van der Waals surface area contributed by atoms with Crippen LogP contribution in [0.4, 0.5) is 17.6 Å². The Balaban J connectivity index is 0.00000208. The summed E-state index contributed by atoms with van der Waals surface area (Å²) < 4.78 is 55.0. The average molecular weight is 360 g/mol. The Hall–Kier alpha value is -1.59. The molecular formula is C18H18ClF4N. The zero-order valence-corrected chi connectivity index (χ0v) is 13.7. The van der Waals surface area contributed by atoms with Gasteiger partial charge in [-0.3, -0.25) is 0 Å². The normalized spacial score (nSPS) is 15.4. The van der Waals surface area contributed by atoms with Crippen LogP contribution in [-0.4, -0.2) is 13.1 Å². The quantitative estimate of drug-likeness (QED) is 0.776.